The fourth-order valence-electron chi connectivity index (χ4n) is 5.49. The fourth-order valence-corrected chi connectivity index (χ4v) is 5.49. The Hall–Kier alpha value is -3.76. The second-order valence-corrected chi connectivity index (χ2v) is 10.1. The highest BCUT2D eigenvalue weighted by molar-refractivity contribution is 5.74. The Morgan fingerprint density at radius 1 is 0.973 bits per heavy atom. The molecule has 2 unspecified atom stereocenters. The molecule has 8 bridgehead atoms. The molecule has 8 heterocycles. The van der Waals surface area contributed by atoms with Crippen LogP contribution in [0.25, 0.3) is 11.1 Å². The zero-order valence-corrected chi connectivity index (χ0v) is 20.9. The molecule has 6 aliphatic rings. The molecular weight excluding hydrogens is 466 g/mol. The summed E-state index contributed by atoms with van der Waals surface area (Å²) in [6.45, 7) is 5.31. The zero-order valence-electron chi connectivity index (χ0n) is 20.9. The van der Waals surface area contributed by atoms with E-state index in [0.717, 1.165) is 68.2 Å². The predicted molar refractivity (Wildman–Crippen MR) is 144 cm³/mol. The van der Waals surface area contributed by atoms with Crippen molar-refractivity contribution < 1.29 is 4.79 Å². The molecular formula is C27H33N9O. The van der Waals surface area contributed by atoms with Crippen LogP contribution in [-0.4, -0.2) is 82.1 Å². The SMILES string of the molecule is NC1CC2CCNC(=O)N3CCN(CC3)Cc3cccc(c3)Nc3cc(ccn3)-c3cnc(nc3)N2C1. The molecule has 2 fully saturated rings. The second-order valence-electron chi connectivity index (χ2n) is 10.1. The standard InChI is InChI=1S/C27H33N9O/c28-22-14-24-5-7-30-27(37)35-10-8-34(9-11-35)17-19-2-1-3-23(12-19)33-25-13-20(4-6-29-25)21-15-31-26(32-16-21)36(24)18-22/h1-4,6,12-13,15-16,22,24H,5,7-11,14,17-18,28H2,(H,29,33)(H,30,37). The van der Waals surface area contributed by atoms with Gasteiger partial charge in [-0.2, -0.15) is 0 Å². The Morgan fingerprint density at radius 3 is 2.65 bits per heavy atom. The summed E-state index contributed by atoms with van der Waals surface area (Å²) in [5.74, 6) is 1.45. The van der Waals surface area contributed by atoms with E-state index in [1.807, 2.05) is 35.5 Å². The van der Waals surface area contributed by atoms with Crippen LogP contribution in [0.1, 0.15) is 18.4 Å². The van der Waals surface area contributed by atoms with Gasteiger partial charge in [0.2, 0.25) is 5.95 Å². The molecule has 10 nitrogen and oxygen atoms in total. The van der Waals surface area contributed by atoms with Gasteiger partial charge in [0.1, 0.15) is 5.82 Å². The van der Waals surface area contributed by atoms with Crippen LogP contribution in [0.5, 0.6) is 0 Å². The first kappa shape index (κ1) is 23.6. The quantitative estimate of drug-likeness (QED) is 0.432. The first-order valence-electron chi connectivity index (χ1n) is 13.0. The maximum Gasteiger partial charge on any atom is 0.317 e. The van der Waals surface area contributed by atoms with Crippen molar-refractivity contribution in [1.82, 2.24) is 30.1 Å². The lowest BCUT2D eigenvalue weighted by Gasteiger charge is -2.35. The molecule has 0 saturated carbocycles. The van der Waals surface area contributed by atoms with Crippen molar-refractivity contribution in [2.24, 2.45) is 5.73 Å². The predicted octanol–water partition coefficient (Wildman–Crippen LogP) is 2.42. The summed E-state index contributed by atoms with van der Waals surface area (Å²) in [4.78, 5) is 33.2. The molecule has 1 aromatic carbocycles. The number of anilines is 3. The number of nitrogens with two attached hydrogens (primary N) is 1. The molecule has 4 N–H and O–H groups in total. The van der Waals surface area contributed by atoms with Crippen LogP contribution in [-0.2, 0) is 6.54 Å². The molecule has 37 heavy (non-hydrogen) atoms. The van der Waals surface area contributed by atoms with Gasteiger partial charge in [-0.3, -0.25) is 4.90 Å². The number of urea groups is 1. The molecule has 6 aliphatic heterocycles. The third-order valence-electron chi connectivity index (χ3n) is 7.45. The number of nitrogens with one attached hydrogen (secondary N) is 2. The molecule has 2 aromatic heterocycles. The highest BCUT2D eigenvalue weighted by atomic mass is 16.2. The van der Waals surface area contributed by atoms with Gasteiger partial charge in [0, 0.05) is 87.7 Å². The summed E-state index contributed by atoms with van der Waals surface area (Å²) in [7, 11) is 0. The lowest BCUT2D eigenvalue weighted by atomic mass is 10.1. The number of pyridine rings is 1. The molecule has 0 spiro atoms. The van der Waals surface area contributed by atoms with Gasteiger partial charge in [0.05, 0.1) is 0 Å². The number of carbonyl (C=O) groups is 1. The molecule has 0 aliphatic carbocycles. The first-order valence-corrected chi connectivity index (χ1v) is 13.0. The van der Waals surface area contributed by atoms with Gasteiger partial charge in [-0.15, -0.1) is 0 Å². The highest BCUT2D eigenvalue weighted by Crippen LogP contribution is 2.27. The van der Waals surface area contributed by atoms with Crippen molar-refractivity contribution in [1.29, 1.82) is 0 Å². The van der Waals surface area contributed by atoms with Crippen molar-refractivity contribution in [2.45, 2.75) is 31.5 Å². The van der Waals surface area contributed by atoms with E-state index >= 15 is 0 Å². The Morgan fingerprint density at radius 2 is 1.81 bits per heavy atom. The summed E-state index contributed by atoms with van der Waals surface area (Å²) in [5, 5.41) is 6.56. The van der Waals surface area contributed by atoms with E-state index in [4.69, 9.17) is 5.73 Å². The van der Waals surface area contributed by atoms with E-state index < -0.39 is 0 Å². The summed E-state index contributed by atoms with van der Waals surface area (Å²) >= 11 is 0. The second kappa shape index (κ2) is 10.3. The minimum Gasteiger partial charge on any atom is -0.340 e. The third-order valence-corrected chi connectivity index (χ3v) is 7.45. The van der Waals surface area contributed by atoms with E-state index in [-0.39, 0.29) is 18.1 Å². The average molecular weight is 500 g/mol. The van der Waals surface area contributed by atoms with Gasteiger partial charge in [-0.1, -0.05) is 12.1 Å². The fraction of sp³-hybridized carbons (Fsp3) is 0.407. The largest absolute Gasteiger partial charge is 0.340 e. The van der Waals surface area contributed by atoms with Crippen molar-refractivity contribution >= 4 is 23.5 Å². The van der Waals surface area contributed by atoms with Gasteiger partial charge in [0.15, 0.2) is 0 Å². The topological polar surface area (TPSA) is 116 Å². The van der Waals surface area contributed by atoms with Gasteiger partial charge in [0.25, 0.3) is 0 Å². The summed E-state index contributed by atoms with van der Waals surface area (Å²) in [5.41, 5.74) is 10.5. The lowest BCUT2D eigenvalue weighted by Crippen LogP contribution is -2.51. The maximum absolute atomic E-state index is 12.8. The van der Waals surface area contributed by atoms with Crippen LogP contribution in [0.15, 0.2) is 55.0 Å². The van der Waals surface area contributed by atoms with Crippen LogP contribution in [0.3, 0.4) is 0 Å². The number of nitrogens with zero attached hydrogens (tertiary/aromatic N) is 6. The van der Waals surface area contributed by atoms with Gasteiger partial charge in [-0.05, 0) is 48.2 Å². The van der Waals surface area contributed by atoms with E-state index in [1.165, 1.54) is 5.56 Å². The highest BCUT2D eigenvalue weighted by Gasteiger charge is 2.32. The number of benzene rings is 1. The Balaban J connectivity index is 1.29. The Bertz CT molecular complexity index is 1240. The normalized spacial score (nSPS) is 24.0. The molecule has 2 amide bonds. The molecule has 9 rings (SSSR count). The Kier molecular flexibility index (Phi) is 6.58. The third kappa shape index (κ3) is 5.35. The summed E-state index contributed by atoms with van der Waals surface area (Å²) in [6.07, 6.45) is 7.18. The zero-order chi connectivity index (χ0) is 25.2. The lowest BCUT2D eigenvalue weighted by molar-refractivity contribution is 0.135. The van der Waals surface area contributed by atoms with Crippen molar-refractivity contribution in [3.8, 4) is 11.1 Å². The monoisotopic (exact) mass is 499 g/mol. The molecule has 2 saturated heterocycles. The first-order chi connectivity index (χ1) is 18.1. The molecule has 192 valence electrons. The molecule has 10 heteroatoms. The molecule has 3 aromatic rings. The summed E-state index contributed by atoms with van der Waals surface area (Å²) in [6, 6.07) is 12.7. The number of rotatable bonds is 0. The number of aromatic nitrogens is 3. The van der Waals surface area contributed by atoms with E-state index in [1.54, 1.807) is 6.20 Å². The average Bonchev–Trinajstić information content (AvgIpc) is 3.29. The number of piperazine rings is 1. The number of carbonyl (C=O) groups excluding carboxylic acids is 1. The van der Waals surface area contributed by atoms with E-state index in [0.29, 0.717) is 19.0 Å². The number of hydrogen-bond donors (Lipinski definition) is 3. The smallest absolute Gasteiger partial charge is 0.317 e. The minimum absolute atomic E-state index is 0.0103. The molecule has 2 atom stereocenters. The van der Waals surface area contributed by atoms with Crippen molar-refractivity contribution in [3.63, 3.8) is 0 Å². The number of hydrogen-bond acceptors (Lipinski definition) is 8. The van der Waals surface area contributed by atoms with Crippen LogP contribution in [0, 0.1) is 0 Å². The minimum atomic E-state index is 0.0103. The van der Waals surface area contributed by atoms with Gasteiger partial charge < -0.3 is 26.2 Å². The maximum atomic E-state index is 12.8. The van der Waals surface area contributed by atoms with E-state index in [9.17, 15) is 4.79 Å². The van der Waals surface area contributed by atoms with Crippen LogP contribution >= 0.6 is 0 Å². The van der Waals surface area contributed by atoms with Gasteiger partial charge in [-0.25, -0.2) is 19.7 Å². The van der Waals surface area contributed by atoms with Crippen LogP contribution in [0.4, 0.5) is 22.2 Å². The number of amides is 2. The van der Waals surface area contributed by atoms with Crippen LogP contribution in [0.2, 0.25) is 0 Å². The van der Waals surface area contributed by atoms with Gasteiger partial charge >= 0.3 is 6.03 Å². The van der Waals surface area contributed by atoms with E-state index in [2.05, 4.69) is 53.6 Å². The summed E-state index contributed by atoms with van der Waals surface area (Å²) < 4.78 is 0. The Labute approximate surface area is 216 Å². The molecule has 0 radical (unpaired) electrons. The van der Waals surface area contributed by atoms with Crippen molar-refractivity contribution in [3.05, 3.63) is 60.6 Å². The van der Waals surface area contributed by atoms with Crippen LogP contribution < -0.4 is 21.3 Å². The van der Waals surface area contributed by atoms with Crippen molar-refractivity contribution in [2.75, 3.05) is 49.5 Å².